The van der Waals surface area contributed by atoms with E-state index in [1.165, 1.54) is 7.11 Å². The Hall–Kier alpha value is -0.400. The van der Waals surface area contributed by atoms with Crippen LogP contribution in [-0.4, -0.2) is 106 Å². The Morgan fingerprint density at radius 2 is 1.52 bits per heavy atom. The number of aliphatic hydroxyl groups excluding tert-OH is 6. The molecule has 0 saturated carbocycles. The number of hydrogen-bond acceptors (Lipinski definition) is 10. The topological polar surface area (TPSA) is 158 Å². The summed E-state index contributed by atoms with van der Waals surface area (Å²) in [5, 5.41) is 58.1. The van der Waals surface area contributed by atoms with E-state index in [9.17, 15) is 25.5 Å². The lowest BCUT2D eigenvalue weighted by atomic mass is 9.97. The van der Waals surface area contributed by atoms with Crippen molar-refractivity contribution < 1.29 is 49.6 Å². The summed E-state index contributed by atoms with van der Waals surface area (Å²) < 4.78 is 21.0. The van der Waals surface area contributed by atoms with E-state index < -0.39 is 68.0 Å². The van der Waals surface area contributed by atoms with Crippen LogP contribution in [0.25, 0.3) is 0 Å². The molecule has 0 aromatic carbocycles. The zero-order chi connectivity index (χ0) is 17.3. The Labute approximate surface area is 132 Å². The highest BCUT2D eigenvalue weighted by Gasteiger charge is 2.49. The first-order valence-corrected chi connectivity index (χ1v) is 7.32. The fraction of sp³-hybridized carbons (Fsp3) is 1.00. The van der Waals surface area contributed by atoms with Gasteiger partial charge in [-0.2, -0.15) is 0 Å². The van der Waals surface area contributed by atoms with Crippen molar-refractivity contribution >= 4 is 0 Å². The summed E-state index contributed by atoms with van der Waals surface area (Å²) in [4.78, 5) is 0. The van der Waals surface area contributed by atoms with E-state index >= 15 is 0 Å². The minimum atomic E-state index is -1.58. The maximum atomic E-state index is 9.98. The van der Waals surface area contributed by atoms with Gasteiger partial charge in [0.15, 0.2) is 12.6 Å². The minimum absolute atomic E-state index is 0.587. The monoisotopic (exact) mass is 340 g/mol. The molecule has 0 aromatic rings. The third-order valence-corrected chi connectivity index (χ3v) is 4.18. The summed E-state index contributed by atoms with van der Waals surface area (Å²) in [5.41, 5.74) is 0. The number of rotatable bonds is 4. The molecule has 0 spiro atoms. The number of hydrogen-bond donors (Lipinski definition) is 6. The minimum Gasteiger partial charge on any atom is -0.394 e. The zero-order valence-electron chi connectivity index (χ0n) is 12.8. The van der Waals surface area contributed by atoms with E-state index in [0.717, 1.165) is 0 Å². The van der Waals surface area contributed by atoms with Crippen LogP contribution in [0.1, 0.15) is 6.92 Å². The van der Waals surface area contributed by atoms with E-state index in [2.05, 4.69) is 0 Å². The molecule has 10 nitrogen and oxygen atoms in total. The van der Waals surface area contributed by atoms with Crippen LogP contribution in [0.2, 0.25) is 0 Å². The van der Waals surface area contributed by atoms with Crippen molar-refractivity contribution in [2.45, 2.75) is 68.3 Å². The van der Waals surface area contributed by atoms with Crippen LogP contribution in [0.15, 0.2) is 0 Å². The number of ether oxygens (including phenoxy) is 4. The second kappa shape index (κ2) is 7.66. The lowest BCUT2D eigenvalue weighted by molar-refractivity contribution is -0.353. The van der Waals surface area contributed by atoms with Gasteiger partial charge in [0.25, 0.3) is 0 Å². The van der Waals surface area contributed by atoms with Gasteiger partial charge in [-0.3, -0.25) is 0 Å². The van der Waals surface area contributed by atoms with Gasteiger partial charge < -0.3 is 49.6 Å². The maximum absolute atomic E-state index is 9.98. The molecular formula is C13H24O10. The van der Waals surface area contributed by atoms with Gasteiger partial charge in [0.05, 0.1) is 12.7 Å². The SMILES string of the molecule is CO[C@@H]1[C@@H](O)[C@H](O)O[C@H](C)[C@H]1O[C@@H]1O[C@H](CO)[C@@H](O)[C@H](O)[C@H]1O. The van der Waals surface area contributed by atoms with E-state index in [1.54, 1.807) is 6.92 Å². The second-order valence-corrected chi connectivity index (χ2v) is 5.72. The molecule has 0 aliphatic carbocycles. The normalized spacial score (nSPS) is 51.7. The predicted molar refractivity (Wildman–Crippen MR) is 72.0 cm³/mol. The molecule has 2 aliphatic rings. The Bertz CT molecular complexity index is 380. The Morgan fingerprint density at radius 1 is 0.870 bits per heavy atom. The second-order valence-electron chi connectivity index (χ2n) is 5.72. The third-order valence-electron chi connectivity index (χ3n) is 4.18. The summed E-state index contributed by atoms with van der Waals surface area (Å²) in [6.45, 7) is 0.979. The van der Waals surface area contributed by atoms with Crippen LogP contribution in [0.3, 0.4) is 0 Å². The molecule has 0 amide bonds. The van der Waals surface area contributed by atoms with Crippen LogP contribution < -0.4 is 0 Å². The van der Waals surface area contributed by atoms with Crippen molar-refractivity contribution in [2.75, 3.05) is 13.7 Å². The standard InChI is InChI=1S/C13H24O10/c1-4-10(11(20-2)9(18)12(19)21-4)23-13-8(17)7(16)6(15)5(3-14)22-13/h4-19H,3H2,1-2H3/t4-,5-,6-,7+,8-,9-,10-,11-,12-,13+/m1/s1. The van der Waals surface area contributed by atoms with Crippen molar-refractivity contribution in [2.24, 2.45) is 0 Å². The molecule has 2 heterocycles. The Morgan fingerprint density at radius 3 is 2.09 bits per heavy atom. The van der Waals surface area contributed by atoms with Gasteiger partial charge in [-0.25, -0.2) is 0 Å². The van der Waals surface area contributed by atoms with Crippen molar-refractivity contribution in [1.82, 2.24) is 0 Å². The highest BCUT2D eigenvalue weighted by molar-refractivity contribution is 4.93. The summed E-state index contributed by atoms with van der Waals surface area (Å²) in [5.74, 6) is 0. The molecule has 6 N–H and O–H groups in total. The molecule has 2 fully saturated rings. The molecule has 0 radical (unpaired) electrons. The highest BCUT2D eigenvalue weighted by atomic mass is 16.7. The van der Waals surface area contributed by atoms with Gasteiger partial charge in [-0.05, 0) is 6.92 Å². The fourth-order valence-electron chi connectivity index (χ4n) is 2.80. The first-order valence-electron chi connectivity index (χ1n) is 7.32. The Balaban J connectivity index is 2.12. The molecule has 10 atom stereocenters. The van der Waals surface area contributed by atoms with E-state index in [4.69, 9.17) is 24.1 Å². The number of aliphatic hydroxyl groups is 6. The van der Waals surface area contributed by atoms with Crippen LogP contribution in [-0.2, 0) is 18.9 Å². The average Bonchev–Trinajstić information content (AvgIpc) is 2.53. The lowest BCUT2D eigenvalue weighted by Gasteiger charge is -2.45. The van der Waals surface area contributed by atoms with Crippen LogP contribution in [0.5, 0.6) is 0 Å². The maximum Gasteiger partial charge on any atom is 0.187 e. The lowest BCUT2D eigenvalue weighted by Crippen LogP contribution is -2.63. The predicted octanol–water partition coefficient (Wildman–Crippen LogP) is -3.72. The van der Waals surface area contributed by atoms with Gasteiger partial charge in [-0.15, -0.1) is 0 Å². The van der Waals surface area contributed by atoms with Crippen LogP contribution in [0, 0.1) is 0 Å². The van der Waals surface area contributed by atoms with Crippen molar-refractivity contribution in [1.29, 1.82) is 0 Å². The van der Waals surface area contributed by atoms with E-state index in [1.807, 2.05) is 0 Å². The largest absolute Gasteiger partial charge is 0.394 e. The smallest absolute Gasteiger partial charge is 0.187 e. The summed E-state index contributed by atoms with van der Waals surface area (Å²) in [6.07, 6.45) is -12.6. The molecular weight excluding hydrogens is 316 g/mol. The summed E-state index contributed by atoms with van der Waals surface area (Å²) >= 11 is 0. The molecule has 0 bridgehead atoms. The van der Waals surface area contributed by atoms with E-state index in [0.29, 0.717) is 0 Å². The highest BCUT2D eigenvalue weighted by Crippen LogP contribution is 2.29. The molecule has 0 unspecified atom stereocenters. The first-order chi connectivity index (χ1) is 10.8. The molecule has 2 aliphatic heterocycles. The molecule has 136 valence electrons. The molecule has 2 saturated heterocycles. The molecule has 0 aromatic heterocycles. The average molecular weight is 340 g/mol. The van der Waals surface area contributed by atoms with Gasteiger partial charge in [0, 0.05) is 7.11 Å². The summed E-state index contributed by atoms with van der Waals surface area (Å²) in [6, 6.07) is 0. The fourth-order valence-corrected chi connectivity index (χ4v) is 2.80. The van der Waals surface area contributed by atoms with Crippen molar-refractivity contribution in [3.05, 3.63) is 0 Å². The molecule has 2 rings (SSSR count). The molecule has 10 heteroatoms. The zero-order valence-corrected chi connectivity index (χ0v) is 12.8. The third kappa shape index (κ3) is 3.66. The first kappa shape index (κ1) is 18.9. The Kier molecular flexibility index (Phi) is 6.30. The quantitative estimate of drug-likeness (QED) is 0.300. The van der Waals surface area contributed by atoms with Crippen LogP contribution in [0.4, 0.5) is 0 Å². The van der Waals surface area contributed by atoms with Gasteiger partial charge in [-0.1, -0.05) is 0 Å². The van der Waals surface area contributed by atoms with Gasteiger partial charge >= 0.3 is 0 Å². The van der Waals surface area contributed by atoms with E-state index in [-0.39, 0.29) is 0 Å². The number of methoxy groups -OCH3 is 1. The van der Waals surface area contributed by atoms with Crippen LogP contribution >= 0.6 is 0 Å². The van der Waals surface area contributed by atoms with Gasteiger partial charge in [0.2, 0.25) is 0 Å². The molecule has 23 heavy (non-hydrogen) atoms. The summed E-state index contributed by atoms with van der Waals surface area (Å²) in [7, 11) is 1.31. The van der Waals surface area contributed by atoms with Crippen molar-refractivity contribution in [3.8, 4) is 0 Å². The van der Waals surface area contributed by atoms with Crippen molar-refractivity contribution in [3.63, 3.8) is 0 Å². The van der Waals surface area contributed by atoms with Gasteiger partial charge in [0.1, 0.15) is 42.7 Å².